The topological polar surface area (TPSA) is 0 Å². The second kappa shape index (κ2) is 7.35. The molecule has 0 aromatic heterocycles. The number of hydrogen-bond donors (Lipinski definition) is 0. The van der Waals surface area contributed by atoms with Gasteiger partial charge >= 0.3 is 0 Å². The molecule has 1 rings (SSSR count). The minimum Gasteiger partial charge on any atom is -0.0985 e. The van der Waals surface area contributed by atoms with Crippen LogP contribution in [0.5, 0.6) is 0 Å². The van der Waals surface area contributed by atoms with E-state index < -0.39 is 0 Å². The van der Waals surface area contributed by atoms with Crippen LogP contribution in [-0.2, 0) is 0 Å². The molecule has 0 aromatic rings. The van der Waals surface area contributed by atoms with Gasteiger partial charge in [0.25, 0.3) is 0 Å². The third-order valence-electron chi connectivity index (χ3n) is 1.65. The van der Waals surface area contributed by atoms with E-state index in [9.17, 15) is 0 Å². The van der Waals surface area contributed by atoms with Crippen LogP contribution in [0, 0.1) is 0 Å². The molecule has 0 aliphatic heterocycles. The van der Waals surface area contributed by atoms with Gasteiger partial charge in [-0.3, -0.25) is 0 Å². The summed E-state index contributed by atoms with van der Waals surface area (Å²) in [4.78, 5) is 0. The van der Waals surface area contributed by atoms with Crippen LogP contribution in [0.1, 0.15) is 20.3 Å². The highest BCUT2D eigenvalue weighted by atomic mass is 14.0. The average molecular weight is 174 g/mol. The van der Waals surface area contributed by atoms with E-state index in [4.69, 9.17) is 0 Å². The van der Waals surface area contributed by atoms with E-state index in [0.29, 0.717) is 0 Å². The summed E-state index contributed by atoms with van der Waals surface area (Å²) in [6, 6.07) is 0. The highest BCUT2D eigenvalue weighted by Crippen LogP contribution is 2.15. The van der Waals surface area contributed by atoms with Crippen molar-refractivity contribution in [3.63, 3.8) is 0 Å². The van der Waals surface area contributed by atoms with Gasteiger partial charge in [0.2, 0.25) is 0 Å². The Bertz CT molecular complexity index is 249. The molecule has 0 fully saturated rings. The molecule has 0 heterocycles. The minimum absolute atomic E-state index is 0.956. The van der Waals surface area contributed by atoms with Gasteiger partial charge < -0.3 is 0 Å². The zero-order chi connectivity index (χ0) is 10.1. The standard InChI is InChI=1S/C11H12.C2H6/c1-3-10(2)11-8-6-4-5-7-9-11;1-2/h3-8H,1-2,9H2;1-2H3. The van der Waals surface area contributed by atoms with Crippen LogP contribution in [-0.4, -0.2) is 0 Å². The summed E-state index contributed by atoms with van der Waals surface area (Å²) in [6.45, 7) is 11.6. The lowest BCUT2D eigenvalue weighted by Gasteiger charge is -2.00. The maximum absolute atomic E-state index is 3.88. The lowest BCUT2D eigenvalue weighted by atomic mass is 10.0. The van der Waals surface area contributed by atoms with Crippen molar-refractivity contribution in [1.29, 1.82) is 0 Å². The summed E-state index contributed by atoms with van der Waals surface area (Å²) in [7, 11) is 0. The summed E-state index contributed by atoms with van der Waals surface area (Å²) < 4.78 is 0. The molecule has 13 heavy (non-hydrogen) atoms. The van der Waals surface area contributed by atoms with Gasteiger partial charge in [-0.1, -0.05) is 63.5 Å². The monoisotopic (exact) mass is 174 g/mol. The second-order valence-electron chi connectivity index (χ2n) is 2.44. The highest BCUT2D eigenvalue weighted by Gasteiger charge is 1.96. The van der Waals surface area contributed by atoms with Crippen molar-refractivity contribution in [2.75, 3.05) is 0 Å². The Hall–Kier alpha value is -1.30. The first-order valence-corrected chi connectivity index (χ1v) is 4.68. The average Bonchev–Trinajstić information content (AvgIpc) is 2.48. The summed E-state index contributed by atoms with van der Waals surface area (Å²) >= 11 is 0. The van der Waals surface area contributed by atoms with Crippen molar-refractivity contribution in [3.8, 4) is 0 Å². The van der Waals surface area contributed by atoms with Crippen LogP contribution in [0.25, 0.3) is 0 Å². The molecule has 0 N–H and O–H groups in total. The Morgan fingerprint density at radius 2 is 2.00 bits per heavy atom. The third-order valence-corrected chi connectivity index (χ3v) is 1.65. The molecule has 1 aliphatic rings. The summed E-state index contributed by atoms with van der Waals surface area (Å²) in [5.41, 5.74) is 2.26. The van der Waals surface area contributed by atoms with E-state index in [1.54, 1.807) is 6.08 Å². The summed E-state index contributed by atoms with van der Waals surface area (Å²) in [5.74, 6) is 0. The number of hydrogen-bond acceptors (Lipinski definition) is 0. The predicted molar refractivity (Wildman–Crippen MR) is 61.7 cm³/mol. The molecule has 1 aliphatic carbocycles. The first kappa shape index (κ1) is 11.7. The SMILES string of the molecule is C=CC(=C)C1=CC=CC=CC1.CC. The molecular formula is C13H18. The number of rotatable bonds is 2. The molecule has 0 saturated heterocycles. The van der Waals surface area contributed by atoms with E-state index >= 15 is 0 Å². The largest absolute Gasteiger partial charge is 0.0985 e. The fourth-order valence-electron chi connectivity index (χ4n) is 0.947. The molecule has 70 valence electrons. The normalized spacial score (nSPS) is 13.5. The van der Waals surface area contributed by atoms with Gasteiger partial charge in [-0.25, -0.2) is 0 Å². The van der Waals surface area contributed by atoms with Crippen molar-refractivity contribution in [2.24, 2.45) is 0 Å². The molecule has 0 saturated carbocycles. The first-order valence-electron chi connectivity index (χ1n) is 4.68. The zero-order valence-electron chi connectivity index (χ0n) is 8.59. The number of allylic oxidation sites excluding steroid dienone is 8. The quantitative estimate of drug-likeness (QED) is 0.550. The third kappa shape index (κ3) is 4.32. The molecular weight excluding hydrogens is 156 g/mol. The van der Waals surface area contributed by atoms with Gasteiger partial charge in [0.1, 0.15) is 0 Å². The van der Waals surface area contributed by atoms with Gasteiger partial charge in [-0.05, 0) is 17.6 Å². The Morgan fingerprint density at radius 3 is 2.62 bits per heavy atom. The Morgan fingerprint density at radius 1 is 1.31 bits per heavy atom. The van der Waals surface area contributed by atoms with Crippen molar-refractivity contribution >= 4 is 0 Å². The van der Waals surface area contributed by atoms with Crippen molar-refractivity contribution < 1.29 is 0 Å². The predicted octanol–water partition coefficient (Wildman–Crippen LogP) is 4.20. The van der Waals surface area contributed by atoms with Gasteiger partial charge in [-0.15, -0.1) is 0 Å². The molecule has 0 spiro atoms. The molecule has 0 bridgehead atoms. The lowest BCUT2D eigenvalue weighted by Crippen LogP contribution is -1.81. The van der Waals surface area contributed by atoms with Crippen LogP contribution >= 0.6 is 0 Å². The highest BCUT2D eigenvalue weighted by molar-refractivity contribution is 5.41. The molecule has 0 radical (unpaired) electrons. The molecule has 0 nitrogen and oxygen atoms in total. The van der Waals surface area contributed by atoms with Gasteiger partial charge in [0.15, 0.2) is 0 Å². The Labute approximate surface area is 81.7 Å². The van der Waals surface area contributed by atoms with Gasteiger partial charge in [0, 0.05) is 0 Å². The maximum Gasteiger partial charge on any atom is -0.00886 e. The summed E-state index contributed by atoms with van der Waals surface area (Å²) in [5, 5.41) is 0. The fraction of sp³-hybridized carbons (Fsp3) is 0.231. The van der Waals surface area contributed by atoms with Crippen LogP contribution in [0.2, 0.25) is 0 Å². The molecule has 0 aromatic carbocycles. The van der Waals surface area contributed by atoms with E-state index in [1.807, 2.05) is 32.1 Å². The van der Waals surface area contributed by atoms with E-state index in [0.717, 1.165) is 12.0 Å². The first-order chi connectivity index (χ1) is 6.34. The lowest BCUT2D eigenvalue weighted by molar-refractivity contribution is 1.26. The van der Waals surface area contributed by atoms with E-state index in [1.165, 1.54) is 5.57 Å². The Kier molecular flexibility index (Phi) is 6.62. The fourth-order valence-corrected chi connectivity index (χ4v) is 0.947. The van der Waals surface area contributed by atoms with Crippen LogP contribution in [0.3, 0.4) is 0 Å². The second-order valence-corrected chi connectivity index (χ2v) is 2.44. The molecule has 0 unspecified atom stereocenters. The van der Waals surface area contributed by atoms with Crippen LogP contribution < -0.4 is 0 Å². The maximum atomic E-state index is 3.88. The van der Waals surface area contributed by atoms with E-state index in [2.05, 4.69) is 25.3 Å². The van der Waals surface area contributed by atoms with Crippen LogP contribution in [0.4, 0.5) is 0 Å². The minimum atomic E-state index is 0.956. The molecule has 0 amide bonds. The van der Waals surface area contributed by atoms with Crippen molar-refractivity contribution in [3.05, 3.63) is 60.8 Å². The smallest absolute Gasteiger partial charge is 0.00886 e. The van der Waals surface area contributed by atoms with Gasteiger partial charge in [-0.2, -0.15) is 0 Å². The zero-order valence-corrected chi connectivity index (χ0v) is 8.59. The van der Waals surface area contributed by atoms with Crippen LogP contribution in [0.15, 0.2) is 60.8 Å². The van der Waals surface area contributed by atoms with Crippen molar-refractivity contribution in [1.82, 2.24) is 0 Å². The summed E-state index contributed by atoms with van der Waals surface area (Å²) in [6.07, 6.45) is 13.0. The molecule has 0 atom stereocenters. The van der Waals surface area contributed by atoms with Crippen molar-refractivity contribution in [2.45, 2.75) is 20.3 Å². The Balaban J connectivity index is 0.000000671. The molecule has 0 heteroatoms. The van der Waals surface area contributed by atoms with E-state index in [-0.39, 0.29) is 0 Å². The van der Waals surface area contributed by atoms with Gasteiger partial charge in [0.05, 0.1) is 0 Å².